The van der Waals surface area contributed by atoms with Crippen molar-refractivity contribution in [3.8, 4) is 11.8 Å². The Labute approximate surface area is 106 Å². The van der Waals surface area contributed by atoms with Gasteiger partial charge in [-0.2, -0.15) is 0 Å². The van der Waals surface area contributed by atoms with Crippen molar-refractivity contribution in [2.45, 2.75) is 19.4 Å². The first-order chi connectivity index (χ1) is 8.19. The SMILES string of the molecule is CC#CCCNC(CN)c1ccc(Cl)cc1F. The van der Waals surface area contributed by atoms with Crippen LogP contribution in [-0.4, -0.2) is 13.1 Å². The number of nitrogens with one attached hydrogen (secondary N) is 1. The predicted octanol–water partition coefficient (Wildman–Crippen LogP) is 2.48. The third kappa shape index (κ3) is 4.35. The van der Waals surface area contributed by atoms with Gasteiger partial charge in [0.25, 0.3) is 0 Å². The van der Waals surface area contributed by atoms with E-state index in [9.17, 15) is 4.39 Å². The van der Waals surface area contributed by atoms with Crippen molar-refractivity contribution in [1.29, 1.82) is 0 Å². The van der Waals surface area contributed by atoms with Gasteiger partial charge in [0.15, 0.2) is 0 Å². The van der Waals surface area contributed by atoms with Gasteiger partial charge in [-0.3, -0.25) is 0 Å². The first-order valence-electron chi connectivity index (χ1n) is 5.47. The highest BCUT2D eigenvalue weighted by Crippen LogP contribution is 2.20. The smallest absolute Gasteiger partial charge is 0.129 e. The van der Waals surface area contributed by atoms with Crippen LogP contribution >= 0.6 is 11.6 Å². The molecule has 92 valence electrons. The summed E-state index contributed by atoms with van der Waals surface area (Å²) in [7, 11) is 0. The minimum Gasteiger partial charge on any atom is -0.329 e. The second-order valence-electron chi connectivity index (χ2n) is 3.59. The monoisotopic (exact) mass is 254 g/mol. The molecule has 0 aromatic heterocycles. The summed E-state index contributed by atoms with van der Waals surface area (Å²) < 4.78 is 13.7. The van der Waals surface area contributed by atoms with Gasteiger partial charge >= 0.3 is 0 Å². The molecule has 0 fully saturated rings. The van der Waals surface area contributed by atoms with Gasteiger partial charge in [-0.25, -0.2) is 4.39 Å². The summed E-state index contributed by atoms with van der Waals surface area (Å²) >= 11 is 5.70. The van der Waals surface area contributed by atoms with Gasteiger partial charge in [0.1, 0.15) is 5.82 Å². The van der Waals surface area contributed by atoms with Gasteiger partial charge in [-0.05, 0) is 19.1 Å². The van der Waals surface area contributed by atoms with Gasteiger partial charge in [0, 0.05) is 36.1 Å². The molecule has 0 amide bonds. The molecule has 0 saturated heterocycles. The highest BCUT2D eigenvalue weighted by molar-refractivity contribution is 6.30. The zero-order chi connectivity index (χ0) is 12.7. The molecule has 0 heterocycles. The van der Waals surface area contributed by atoms with Crippen LogP contribution in [0.15, 0.2) is 18.2 Å². The van der Waals surface area contributed by atoms with E-state index in [-0.39, 0.29) is 11.9 Å². The van der Waals surface area contributed by atoms with E-state index in [4.69, 9.17) is 17.3 Å². The summed E-state index contributed by atoms with van der Waals surface area (Å²) in [6.45, 7) is 2.81. The summed E-state index contributed by atoms with van der Waals surface area (Å²) in [4.78, 5) is 0. The summed E-state index contributed by atoms with van der Waals surface area (Å²) in [5.74, 6) is 5.41. The highest BCUT2D eigenvalue weighted by atomic mass is 35.5. The Morgan fingerprint density at radius 2 is 2.29 bits per heavy atom. The van der Waals surface area contributed by atoms with Crippen LogP contribution in [-0.2, 0) is 0 Å². The molecular formula is C13H16ClFN2. The fourth-order valence-electron chi connectivity index (χ4n) is 1.54. The van der Waals surface area contributed by atoms with Crippen molar-refractivity contribution in [3.63, 3.8) is 0 Å². The van der Waals surface area contributed by atoms with Crippen molar-refractivity contribution in [2.75, 3.05) is 13.1 Å². The maximum atomic E-state index is 13.7. The molecule has 0 spiro atoms. The Bertz CT molecular complexity index is 423. The van der Waals surface area contributed by atoms with Crippen LogP contribution < -0.4 is 11.1 Å². The number of hydrogen-bond donors (Lipinski definition) is 2. The third-order valence-corrected chi connectivity index (χ3v) is 2.63. The van der Waals surface area contributed by atoms with Crippen LogP contribution in [0.2, 0.25) is 5.02 Å². The molecule has 17 heavy (non-hydrogen) atoms. The van der Waals surface area contributed by atoms with Crippen molar-refractivity contribution in [1.82, 2.24) is 5.32 Å². The van der Waals surface area contributed by atoms with E-state index >= 15 is 0 Å². The van der Waals surface area contributed by atoms with E-state index in [1.165, 1.54) is 6.07 Å². The van der Waals surface area contributed by atoms with E-state index < -0.39 is 0 Å². The lowest BCUT2D eigenvalue weighted by atomic mass is 10.1. The quantitative estimate of drug-likeness (QED) is 0.626. The highest BCUT2D eigenvalue weighted by Gasteiger charge is 2.13. The Kier molecular flexibility index (Phi) is 5.99. The summed E-state index contributed by atoms with van der Waals surface area (Å²) in [5.41, 5.74) is 6.17. The van der Waals surface area contributed by atoms with Gasteiger partial charge in [-0.1, -0.05) is 17.7 Å². The lowest BCUT2D eigenvalue weighted by Crippen LogP contribution is -2.29. The molecule has 1 unspecified atom stereocenters. The fraction of sp³-hybridized carbons (Fsp3) is 0.385. The Morgan fingerprint density at radius 1 is 1.53 bits per heavy atom. The standard InChI is InChI=1S/C13H16ClFN2/c1-2-3-4-7-17-13(9-16)11-6-5-10(14)8-12(11)15/h5-6,8,13,17H,4,7,9,16H2,1H3. The van der Waals surface area contributed by atoms with Crippen LogP contribution in [0.25, 0.3) is 0 Å². The molecule has 0 radical (unpaired) electrons. The maximum Gasteiger partial charge on any atom is 0.129 e. The lowest BCUT2D eigenvalue weighted by Gasteiger charge is -2.17. The van der Waals surface area contributed by atoms with Crippen LogP contribution in [0.1, 0.15) is 24.9 Å². The van der Waals surface area contributed by atoms with Gasteiger partial charge in [0.05, 0.1) is 0 Å². The molecule has 1 rings (SSSR count). The molecule has 1 aromatic rings. The zero-order valence-corrected chi connectivity index (χ0v) is 10.5. The van der Waals surface area contributed by atoms with E-state index in [0.717, 1.165) is 6.42 Å². The zero-order valence-electron chi connectivity index (χ0n) is 9.76. The van der Waals surface area contributed by atoms with Crippen LogP contribution in [0.5, 0.6) is 0 Å². The summed E-state index contributed by atoms with van der Waals surface area (Å²) in [6.07, 6.45) is 0.724. The Morgan fingerprint density at radius 3 is 2.88 bits per heavy atom. The second-order valence-corrected chi connectivity index (χ2v) is 4.02. The van der Waals surface area contributed by atoms with E-state index in [1.807, 2.05) is 0 Å². The molecular weight excluding hydrogens is 239 g/mol. The molecule has 1 atom stereocenters. The average molecular weight is 255 g/mol. The minimum absolute atomic E-state index is 0.203. The number of nitrogens with two attached hydrogens (primary N) is 1. The largest absolute Gasteiger partial charge is 0.329 e. The fourth-order valence-corrected chi connectivity index (χ4v) is 1.70. The molecule has 0 aliphatic heterocycles. The minimum atomic E-state index is -0.331. The van der Waals surface area contributed by atoms with Gasteiger partial charge < -0.3 is 11.1 Å². The number of benzene rings is 1. The molecule has 0 aliphatic rings. The molecule has 0 aliphatic carbocycles. The topological polar surface area (TPSA) is 38.0 Å². The van der Waals surface area contributed by atoms with Crippen LogP contribution in [0.3, 0.4) is 0 Å². The molecule has 1 aromatic carbocycles. The van der Waals surface area contributed by atoms with Crippen molar-refractivity contribution < 1.29 is 4.39 Å². The lowest BCUT2D eigenvalue weighted by molar-refractivity contribution is 0.512. The third-order valence-electron chi connectivity index (χ3n) is 2.39. The predicted molar refractivity (Wildman–Crippen MR) is 69.3 cm³/mol. The van der Waals surface area contributed by atoms with Crippen molar-refractivity contribution >= 4 is 11.6 Å². The Balaban J connectivity index is 2.68. The molecule has 3 N–H and O–H groups in total. The van der Waals surface area contributed by atoms with E-state index in [2.05, 4.69) is 17.2 Å². The Hall–Kier alpha value is -1.08. The van der Waals surface area contributed by atoms with Gasteiger partial charge in [0.2, 0.25) is 0 Å². The summed E-state index contributed by atoms with van der Waals surface area (Å²) in [6, 6.07) is 4.42. The van der Waals surface area contributed by atoms with E-state index in [0.29, 0.717) is 23.7 Å². The normalized spacial score (nSPS) is 11.8. The van der Waals surface area contributed by atoms with Gasteiger partial charge in [-0.15, -0.1) is 11.8 Å². The molecule has 4 heteroatoms. The number of halogens is 2. The second kappa shape index (κ2) is 7.29. The maximum absolute atomic E-state index is 13.7. The van der Waals surface area contributed by atoms with Crippen LogP contribution in [0.4, 0.5) is 4.39 Å². The summed E-state index contributed by atoms with van der Waals surface area (Å²) in [5, 5.41) is 3.56. The van der Waals surface area contributed by atoms with Crippen LogP contribution in [0, 0.1) is 17.7 Å². The number of rotatable bonds is 5. The average Bonchev–Trinajstić information content (AvgIpc) is 2.31. The first-order valence-corrected chi connectivity index (χ1v) is 5.84. The van der Waals surface area contributed by atoms with Crippen molar-refractivity contribution in [2.24, 2.45) is 5.73 Å². The molecule has 0 saturated carbocycles. The first kappa shape index (κ1) is 14.0. The molecule has 2 nitrogen and oxygen atoms in total. The van der Waals surface area contributed by atoms with E-state index in [1.54, 1.807) is 19.1 Å². The molecule has 0 bridgehead atoms. The number of hydrogen-bond acceptors (Lipinski definition) is 2. The van der Waals surface area contributed by atoms with Crippen molar-refractivity contribution in [3.05, 3.63) is 34.6 Å².